The van der Waals surface area contributed by atoms with E-state index in [-0.39, 0.29) is 29.9 Å². The topological polar surface area (TPSA) is 88.2 Å². The lowest BCUT2D eigenvalue weighted by atomic mass is 9.90. The van der Waals surface area contributed by atoms with Crippen molar-refractivity contribution in [2.75, 3.05) is 24.6 Å². The maximum atomic E-state index is 13.4. The first-order valence-electron chi connectivity index (χ1n) is 11.9. The Hall–Kier alpha value is -3.07. The highest BCUT2D eigenvalue weighted by molar-refractivity contribution is 9.10. The number of carbonyl (C=O) groups is 3. The number of piperidine rings is 1. The van der Waals surface area contributed by atoms with Gasteiger partial charge in [-0.1, -0.05) is 22.0 Å². The van der Waals surface area contributed by atoms with E-state index in [0.29, 0.717) is 43.8 Å². The van der Waals surface area contributed by atoms with Crippen LogP contribution in [0.15, 0.2) is 46.9 Å². The Bertz CT molecular complexity index is 1190. The summed E-state index contributed by atoms with van der Waals surface area (Å²) in [6.45, 7) is 4.92. The molecular formula is C26H28BrN3O5. The van der Waals surface area contributed by atoms with Crippen LogP contribution in [0.2, 0.25) is 0 Å². The van der Waals surface area contributed by atoms with Crippen molar-refractivity contribution < 1.29 is 23.9 Å². The minimum Gasteiger partial charge on any atom is -0.467 e. The maximum absolute atomic E-state index is 13.4. The summed E-state index contributed by atoms with van der Waals surface area (Å²) in [5.74, 6) is -0.00757. The fourth-order valence-corrected chi connectivity index (χ4v) is 5.69. The molecule has 35 heavy (non-hydrogen) atoms. The molecule has 0 aliphatic carbocycles. The number of likely N-dealkylation sites (tertiary alicyclic amines) is 1. The number of amides is 3. The summed E-state index contributed by atoms with van der Waals surface area (Å²) in [5.41, 5.74) is 1.07. The number of anilines is 1. The first-order chi connectivity index (χ1) is 16.8. The van der Waals surface area contributed by atoms with Crippen molar-refractivity contribution in [2.45, 2.75) is 44.9 Å². The van der Waals surface area contributed by atoms with Crippen LogP contribution < -0.4 is 15.0 Å². The lowest BCUT2D eigenvalue weighted by molar-refractivity contribution is -0.149. The van der Waals surface area contributed by atoms with Crippen molar-refractivity contribution >= 4 is 39.5 Å². The number of rotatable bonds is 4. The third-order valence-electron chi connectivity index (χ3n) is 6.91. The van der Waals surface area contributed by atoms with Gasteiger partial charge in [0.25, 0.3) is 5.91 Å². The number of esters is 1. The first-order valence-corrected chi connectivity index (χ1v) is 12.7. The Labute approximate surface area is 212 Å². The van der Waals surface area contributed by atoms with Crippen LogP contribution in [0.3, 0.4) is 0 Å². The van der Waals surface area contributed by atoms with Gasteiger partial charge in [-0.25, -0.2) is 4.79 Å². The lowest BCUT2D eigenvalue weighted by Gasteiger charge is -2.50. The molecule has 2 bridgehead atoms. The van der Waals surface area contributed by atoms with Crippen LogP contribution in [0.25, 0.3) is 0 Å². The minimum atomic E-state index is -0.907. The third-order valence-corrected chi connectivity index (χ3v) is 7.41. The molecule has 3 atom stereocenters. The van der Waals surface area contributed by atoms with Crippen LogP contribution in [0.1, 0.15) is 55.1 Å². The van der Waals surface area contributed by atoms with Gasteiger partial charge in [-0.05, 0) is 63.1 Å². The van der Waals surface area contributed by atoms with E-state index in [1.54, 1.807) is 41.0 Å². The quantitative estimate of drug-likeness (QED) is 0.570. The fourth-order valence-electron chi connectivity index (χ4n) is 5.31. The number of nitrogens with one attached hydrogen (secondary N) is 1. The number of benzene rings is 2. The Morgan fingerprint density at radius 1 is 1.26 bits per heavy atom. The standard InChI is InChI=1S/C26H28BrN3O5/c1-3-34-24(32)17-7-5-11-29(15-17)23(31)16-6-4-8-19(12-16)30-25(33)28-21-14-26(30,2)35-22-10-9-18(27)13-20(21)22/h4,6,8-10,12-13,17,21H,3,5,7,11,14-15H2,1-2H3,(H,28,33)/t17-,21+,26-/m1/s1. The van der Waals surface area contributed by atoms with Crippen LogP contribution in [0.4, 0.5) is 10.5 Å². The highest BCUT2D eigenvalue weighted by atomic mass is 79.9. The molecule has 3 aliphatic rings. The molecule has 3 heterocycles. The number of urea groups is 1. The molecule has 1 N–H and O–H groups in total. The predicted octanol–water partition coefficient (Wildman–Crippen LogP) is 4.63. The van der Waals surface area contributed by atoms with Crippen molar-refractivity contribution in [3.8, 4) is 5.75 Å². The summed E-state index contributed by atoms with van der Waals surface area (Å²) in [5, 5.41) is 3.09. The molecule has 184 valence electrons. The summed E-state index contributed by atoms with van der Waals surface area (Å²) < 4.78 is 12.4. The fraction of sp³-hybridized carbons (Fsp3) is 0.423. The zero-order valence-corrected chi connectivity index (χ0v) is 21.3. The average Bonchev–Trinajstić information content (AvgIpc) is 2.84. The van der Waals surface area contributed by atoms with E-state index in [4.69, 9.17) is 9.47 Å². The molecule has 0 saturated carbocycles. The zero-order valence-electron chi connectivity index (χ0n) is 19.8. The number of fused-ring (bicyclic) bond motifs is 4. The summed E-state index contributed by atoms with van der Waals surface area (Å²) in [6, 6.07) is 12.4. The van der Waals surface area contributed by atoms with E-state index in [2.05, 4.69) is 21.2 Å². The Morgan fingerprint density at radius 3 is 2.89 bits per heavy atom. The average molecular weight is 542 g/mol. The molecule has 5 rings (SSSR count). The number of carbonyl (C=O) groups excluding carboxylic acids is 3. The monoisotopic (exact) mass is 541 g/mol. The molecule has 0 aromatic heterocycles. The van der Waals surface area contributed by atoms with Crippen molar-refractivity contribution in [3.63, 3.8) is 0 Å². The lowest BCUT2D eigenvalue weighted by Crippen LogP contribution is -2.65. The number of hydrogen-bond donors (Lipinski definition) is 1. The summed E-state index contributed by atoms with van der Waals surface area (Å²) in [4.78, 5) is 42.1. The van der Waals surface area contributed by atoms with Crippen LogP contribution in [-0.4, -0.2) is 48.2 Å². The van der Waals surface area contributed by atoms with Gasteiger partial charge >= 0.3 is 12.0 Å². The summed E-state index contributed by atoms with van der Waals surface area (Å²) in [6.07, 6.45) is 2.02. The van der Waals surface area contributed by atoms with Crippen LogP contribution in [0.5, 0.6) is 5.75 Å². The molecule has 3 aliphatic heterocycles. The maximum Gasteiger partial charge on any atom is 0.325 e. The molecule has 8 nitrogen and oxygen atoms in total. The minimum absolute atomic E-state index is 0.164. The van der Waals surface area contributed by atoms with Gasteiger partial charge in [-0.3, -0.25) is 14.5 Å². The van der Waals surface area contributed by atoms with Crippen molar-refractivity contribution in [2.24, 2.45) is 5.92 Å². The van der Waals surface area contributed by atoms with E-state index < -0.39 is 5.72 Å². The van der Waals surface area contributed by atoms with E-state index in [0.717, 1.165) is 22.2 Å². The molecule has 0 spiro atoms. The zero-order chi connectivity index (χ0) is 24.7. The van der Waals surface area contributed by atoms with Gasteiger partial charge in [-0.2, -0.15) is 0 Å². The van der Waals surface area contributed by atoms with E-state index >= 15 is 0 Å². The smallest absolute Gasteiger partial charge is 0.325 e. The molecule has 2 aromatic carbocycles. The molecule has 2 saturated heterocycles. The van der Waals surface area contributed by atoms with E-state index in [1.165, 1.54) is 0 Å². The number of nitrogens with zero attached hydrogens (tertiary/aromatic N) is 2. The molecule has 2 fully saturated rings. The highest BCUT2D eigenvalue weighted by Gasteiger charge is 2.50. The predicted molar refractivity (Wildman–Crippen MR) is 133 cm³/mol. The van der Waals surface area contributed by atoms with Crippen LogP contribution in [0, 0.1) is 5.92 Å². The second kappa shape index (κ2) is 9.18. The number of halogens is 1. The van der Waals surface area contributed by atoms with Crippen LogP contribution in [-0.2, 0) is 9.53 Å². The second-order valence-electron chi connectivity index (χ2n) is 9.39. The molecule has 0 unspecified atom stereocenters. The van der Waals surface area contributed by atoms with Gasteiger partial charge in [0.2, 0.25) is 0 Å². The van der Waals surface area contributed by atoms with Crippen molar-refractivity contribution in [3.05, 3.63) is 58.1 Å². The Kier molecular flexibility index (Phi) is 6.21. The molecule has 0 radical (unpaired) electrons. The van der Waals surface area contributed by atoms with E-state index in [9.17, 15) is 14.4 Å². The molecular weight excluding hydrogens is 514 g/mol. The third kappa shape index (κ3) is 4.37. The largest absolute Gasteiger partial charge is 0.467 e. The first kappa shape index (κ1) is 23.7. The SMILES string of the molecule is CCOC(=O)[C@@H]1CCCN(C(=O)c2cccc(N3C(=O)N[C@H]4C[C@@]3(C)Oc3ccc(Br)cc34)c2)C1. The Balaban J connectivity index is 1.40. The van der Waals surface area contributed by atoms with Crippen LogP contribution >= 0.6 is 15.9 Å². The number of ether oxygens (including phenoxy) is 2. The van der Waals surface area contributed by atoms with Gasteiger partial charge in [0.05, 0.1) is 24.3 Å². The molecule has 9 heteroatoms. The Morgan fingerprint density at radius 2 is 2.09 bits per heavy atom. The molecule has 2 aromatic rings. The summed E-state index contributed by atoms with van der Waals surface area (Å²) in [7, 11) is 0. The van der Waals surface area contributed by atoms with Gasteiger partial charge < -0.3 is 19.7 Å². The van der Waals surface area contributed by atoms with Crippen molar-refractivity contribution in [1.82, 2.24) is 10.2 Å². The summed E-state index contributed by atoms with van der Waals surface area (Å²) >= 11 is 3.49. The molecule has 3 amide bonds. The van der Waals surface area contributed by atoms with Gasteiger partial charge in [0.1, 0.15) is 5.75 Å². The van der Waals surface area contributed by atoms with Gasteiger partial charge in [0, 0.05) is 35.1 Å². The van der Waals surface area contributed by atoms with E-state index in [1.807, 2.05) is 25.1 Å². The van der Waals surface area contributed by atoms with Crippen molar-refractivity contribution in [1.29, 1.82) is 0 Å². The second-order valence-corrected chi connectivity index (χ2v) is 10.3. The highest BCUT2D eigenvalue weighted by Crippen LogP contribution is 2.46. The van der Waals surface area contributed by atoms with Gasteiger partial charge in [-0.15, -0.1) is 0 Å². The normalized spacial score (nSPS) is 25.3. The number of hydrogen-bond acceptors (Lipinski definition) is 5. The van der Waals surface area contributed by atoms with Gasteiger partial charge in [0.15, 0.2) is 5.72 Å².